The SMILES string of the molecule is COc1ccc(Cl)cc1NC(=O)c1cc(NC(C)C)nc(C)n1. The van der Waals surface area contributed by atoms with E-state index in [9.17, 15) is 4.79 Å². The Morgan fingerprint density at radius 2 is 2.00 bits per heavy atom. The number of hydrogen-bond donors (Lipinski definition) is 2. The zero-order valence-electron chi connectivity index (χ0n) is 13.5. The van der Waals surface area contributed by atoms with Gasteiger partial charge in [0, 0.05) is 17.1 Å². The molecule has 0 radical (unpaired) electrons. The first-order valence-corrected chi connectivity index (χ1v) is 7.54. The molecule has 1 aromatic heterocycles. The summed E-state index contributed by atoms with van der Waals surface area (Å²) in [6.45, 7) is 5.73. The van der Waals surface area contributed by atoms with Crippen LogP contribution in [-0.4, -0.2) is 29.0 Å². The molecule has 6 nitrogen and oxygen atoms in total. The summed E-state index contributed by atoms with van der Waals surface area (Å²) in [6.07, 6.45) is 0. The van der Waals surface area contributed by atoms with Gasteiger partial charge in [0.15, 0.2) is 0 Å². The molecule has 0 atom stereocenters. The molecule has 2 aromatic rings. The van der Waals surface area contributed by atoms with Crippen LogP contribution in [-0.2, 0) is 0 Å². The fraction of sp³-hybridized carbons (Fsp3) is 0.312. The third kappa shape index (κ3) is 4.56. The van der Waals surface area contributed by atoms with Crippen LogP contribution in [0.25, 0.3) is 0 Å². The first-order valence-electron chi connectivity index (χ1n) is 7.16. The molecular weight excluding hydrogens is 316 g/mol. The number of benzene rings is 1. The van der Waals surface area contributed by atoms with Crippen LogP contribution >= 0.6 is 11.6 Å². The van der Waals surface area contributed by atoms with E-state index in [2.05, 4.69) is 20.6 Å². The highest BCUT2D eigenvalue weighted by Gasteiger charge is 2.14. The maximum absolute atomic E-state index is 12.5. The van der Waals surface area contributed by atoms with Crippen molar-refractivity contribution in [2.24, 2.45) is 0 Å². The molecule has 0 saturated heterocycles. The Bertz CT molecular complexity index is 719. The largest absolute Gasteiger partial charge is 0.495 e. The second-order valence-electron chi connectivity index (χ2n) is 5.28. The van der Waals surface area contributed by atoms with Crippen molar-refractivity contribution >= 4 is 29.0 Å². The predicted octanol–water partition coefficient (Wildman–Crippen LogP) is 3.52. The molecule has 0 aliphatic heterocycles. The number of aryl methyl sites for hydroxylation is 1. The van der Waals surface area contributed by atoms with Gasteiger partial charge in [0.25, 0.3) is 5.91 Å². The topological polar surface area (TPSA) is 76.1 Å². The maximum atomic E-state index is 12.5. The predicted molar refractivity (Wildman–Crippen MR) is 91.5 cm³/mol. The maximum Gasteiger partial charge on any atom is 0.274 e. The number of aromatic nitrogens is 2. The van der Waals surface area contributed by atoms with E-state index in [1.165, 1.54) is 7.11 Å². The van der Waals surface area contributed by atoms with E-state index >= 15 is 0 Å². The van der Waals surface area contributed by atoms with Crippen LogP contribution in [0.1, 0.15) is 30.2 Å². The summed E-state index contributed by atoms with van der Waals surface area (Å²) >= 11 is 5.97. The fourth-order valence-corrected chi connectivity index (χ4v) is 2.19. The molecule has 0 saturated carbocycles. The molecule has 0 bridgehead atoms. The number of hydrogen-bond acceptors (Lipinski definition) is 5. The second-order valence-corrected chi connectivity index (χ2v) is 5.72. The van der Waals surface area contributed by atoms with Crippen LogP contribution < -0.4 is 15.4 Å². The van der Waals surface area contributed by atoms with E-state index in [1.807, 2.05) is 13.8 Å². The quantitative estimate of drug-likeness (QED) is 0.875. The molecule has 7 heteroatoms. The van der Waals surface area contributed by atoms with Gasteiger partial charge in [0.1, 0.15) is 23.1 Å². The number of amides is 1. The molecule has 0 aliphatic carbocycles. The van der Waals surface area contributed by atoms with Gasteiger partial charge in [0.05, 0.1) is 12.8 Å². The summed E-state index contributed by atoms with van der Waals surface area (Å²) < 4.78 is 5.22. The van der Waals surface area contributed by atoms with Crippen LogP contribution in [0.3, 0.4) is 0 Å². The highest BCUT2D eigenvalue weighted by Crippen LogP contribution is 2.28. The molecule has 0 aliphatic rings. The smallest absolute Gasteiger partial charge is 0.274 e. The van der Waals surface area contributed by atoms with E-state index in [1.54, 1.807) is 31.2 Å². The highest BCUT2D eigenvalue weighted by molar-refractivity contribution is 6.31. The number of nitrogens with zero attached hydrogens (tertiary/aromatic N) is 2. The molecule has 0 spiro atoms. The molecular formula is C16H19ClN4O2. The Labute approximate surface area is 140 Å². The second kappa shape index (κ2) is 7.28. The first kappa shape index (κ1) is 17.0. The van der Waals surface area contributed by atoms with Crippen molar-refractivity contribution in [2.45, 2.75) is 26.8 Å². The van der Waals surface area contributed by atoms with Crippen LogP contribution in [0, 0.1) is 6.92 Å². The van der Waals surface area contributed by atoms with Crippen molar-refractivity contribution in [3.63, 3.8) is 0 Å². The molecule has 2 N–H and O–H groups in total. The lowest BCUT2D eigenvalue weighted by Gasteiger charge is -2.12. The van der Waals surface area contributed by atoms with Gasteiger partial charge in [-0.25, -0.2) is 9.97 Å². The molecule has 1 aromatic carbocycles. The summed E-state index contributed by atoms with van der Waals surface area (Å²) in [5.41, 5.74) is 0.752. The molecule has 1 amide bonds. The number of anilines is 2. The fourth-order valence-electron chi connectivity index (χ4n) is 2.02. The molecule has 23 heavy (non-hydrogen) atoms. The monoisotopic (exact) mass is 334 g/mol. The summed E-state index contributed by atoms with van der Waals surface area (Å²) in [7, 11) is 1.53. The number of carbonyl (C=O) groups is 1. The minimum Gasteiger partial charge on any atom is -0.495 e. The van der Waals surface area contributed by atoms with Gasteiger partial charge in [-0.2, -0.15) is 0 Å². The van der Waals surface area contributed by atoms with Crippen molar-refractivity contribution in [1.82, 2.24) is 9.97 Å². The third-order valence-corrected chi connectivity index (χ3v) is 3.15. The van der Waals surface area contributed by atoms with Crippen molar-refractivity contribution in [3.05, 3.63) is 40.8 Å². The summed E-state index contributed by atoms with van der Waals surface area (Å²) in [6, 6.07) is 6.82. The average molecular weight is 335 g/mol. The molecule has 1 heterocycles. The Morgan fingerprint density at radius 3 is 2.65 bits per heavy atom. The Morgan fingerprint density at radius 1 is 1.26 bits per heavy atom. The zero-order chi connectivity index (χ0) is 17.0. The standard InChI is InChI=1S/C16H19ClN4O2/c1-9(2)18-15-8-13(19-10(3)20-15)16(22)21-12-7-11(17)5-6-14(12)23-4/h5-9H,1-4H3,(H,21,22)(H,18,19,20). The van der Waals surface area contributed by atoms with E-state index in [0.29, 0.717) is 28.1 Å². The van der Waals surface area contributed by atoms with Crippen LogP contribution in [0.15, 0.2) is 24.3 Å². The molecule has 0 fully saturated rings. The lowest BCUT2D eigenvalue weighted by Crippen LogP contribution is -2.18. The summed E-state index contributed by atoms with van der Waals surface area (Å²) in [4.78, 5) is 20.9. The lowest BCUT2D eigenvalue weighted by atomic mass is 10.2. The van der Waals surface area contributed by atoms with Gasteiger partial charge in [-0.1, -0.05) is 11.6 Å². The van der Waals surface area contributed by atoms with Crippen molar-refractivity contribution in [3.8, 4) is 5.75 Å². The number of halogens is 1. The summed E-state index contributed by atoms with van der Waals surface area (Å²) in [5.74, 6) is 1.28. The first-order chi connectivity index (χ1) is 10.9. The van der Waals surface area contributed by atoms with Crippen molar-refractivity contribution in [2.75, 3.05) is 17.7 Å². The Kier molecular flexibility index (Phi) is 5.39. The molecule has 0 unspecified atom stereocenters. The average Bonchev–Trinajstić information content (AvgIpc) is 2.46. The number of methoxy groups -OCH3 is 1. The van der Waals surface area contributed by atoms with E-state index in [4.69, 9.17) is 16.3 Å². The minimum absolute atomic E-state index is 0.202. The zero-order valence-corrected chi connectivity index (χ0v) is 14.2. The van der Waals surface area contributed by atoms with Gasteiger partial charge in [0.2, 0.25) is 0 Å². The number of ether oxygens (including phenoxy) is 1. The summed E-state index contributed by atoms with van der Waals surface area (Å²) in [5, 5.41) is 6.42. The van der Waals surface area contributed by atoms with Gasteiger partial charge in [-0.05, 0) is 39.0 Å². The van der Waals surface area contributed by atoms with E-state index in [0.717, 1.165) is 0 Å². The number of nitrogens with one attached hydrogen (secondary N) is 2. The van der Waals surface area contributed by atoms with E-state index in [-0.39, 0.29) is 17.6 Å². The lowest BCUT2D eigenvalue weighted by molar-refractivity contribution is 0.102. The van der Waals surface area contributed by atoms with Gasteiger partial charge >= 0.3 is 0 Å². The minimum atomic E-state index is -0.358. The van der Waals surface area contributed by atoms with Gasteiger partial charge in [-0.15, -0.1) is 0 Å². The normalized spacial score (nSPS) is 10.5. The molecule has 122 valence electrons. The third-order valence-electron chi connectivity index (χ3n) is 2.92. The van der Waals surface area contributed by atoms with E-state index < -0.39 is 0 Å². The van der Waals surface area contributed by atoms with Crippen molar-refractivity contribution in [1.29, 1.82) is 0 Å². The number of carbonyl (C=O) groups excluding carboxylic acids is 1. The van der Waals surface area contributed by atoms with Crippen LogP contribution in [0.5, 0.6) is 5.75 Å². The Balaban J connectivity index is 2.27. The highest BCUT2D eigenvalue weighted by atomic mass is 35.5. The van der Waals surface area contributed by atoms with Crippen LogP contribution in [0.2, 0.25) is 5.02 Å². The molecule has 2 rings (SSSR count). The van der Waals surface area contributed by atoms with Gasteiger partial charge in [-0.3, -0.25) is 4.79 Å². The van der Waals surface area contributed by atoms with Gasteiger partial charge < -0.3 is 15.4 Å². The van der Waals surface area contributed by atoms with Crippen molar-refractivity contribution < 1.29 is 9.53 Å². The Hall–Kier alpha value is -2.34. The number of rotatable bonds is 5. The van der Waals surface area contributed by atoms with Crippen LogP contribution in [0.4, 0.5) is 11.5 Å².